The molecule has 2 aromatic heterocycles. The molecule has 0 aliphatic carbocycles. The molecule has 0 spiro atoms. The molecule has 0 aromatic carbocycles. The molecule has 3 rings (SSSR count). The van der Waals surface area contributed by atoms with E-state index in [1.807, 2.05) is 0 Å². The Morgan fingerprint density at radius 2 is 1.64 bits per heavy atom. The number of piperidine rings is 1. The second kappa shape index (κ2) is 7.55. The van der Waals surface area contributed by atoms with Crippen molar-refractivity contribution in [3.8, 4) is 0 Å². The molecule has 0 atom stereocenters. The van der Waals surface area contributed by atoms with Gasteiger partial charge in [0.05, 0.1) is 0 Å². The first-order valence-electron chi connectivity index (χ1n) is 7.88. The summed E-state index contributed by atoms with van der Waals surface area (Å²) in [4.78, 5) is 4.87. The third-order valence-corrected chi connectivity index (χ3v) is 5.66. The van der Waals surface area contributed by atoms with Crippen molar-refractivity contribution in [1.82, 2.24) is 9.80 Å². The molecule has 118 valence electrons. The van der Waals surface area contributed by atoms with Crippen LogP contribution in [0, 0.1) is 0 Å². The van der Waals surface area contributed by atoms with E-state index < -0.39 is 0 Å². The van der Waals surface area contributed by atoms with Gasteiger partial charge in [-0.3, -0.25) is 0 Å². The minimum Gasteiger partial charge on any atom is -0.308 e. The lowest BCUT2D eigenvalue weighted by Gasteiger charge is -2.30. The van der Waals surface area contributed by atoms with Gasteiger partial charge in [0, 0.05) is 26.2 Å². The summed E-state index contributed by atoms with van der Waals surface area (Å²) in [6.07, 6.45) is 2.41. The van der Waals surface area contributed by atoms with E-state index in [0.717, 1.165) is 6.54 Å². The van der Waals surface area contributed by atoms with Crippen LogP contribution in [0.3, 0.4) is 0 Å². The van der Waals surface area contributed by atoms with Crippen LogP contribution < -0.4 is 0 Å². The molecule has 0 radical (unpaired) electrons. The van der Waals surface area contributed by atoms with Gasteiger partial charge in [-0.2, -0.15) is 22.7 Å². The van der Waals surface area contributed by atoms with Gasteiger partial charge < -0.3 is 9.80 Å². The first kappa shape index (κ1) is 15.9. The summed E-state index contributed by atoms with van der Waals surface area (Å²) in [5, 5.41) is 8.96. The summed E-state index contributed by atoms with van der Waals surface area (Å²) in [5.41, 5.74) is 5.94. The van der Waals surface area contributed by atoms with Crippen molar-refractivity contribution in [2.75, 3.05) is 40.3 Å². The lowest BCUT2D eigenvalue weighted by molar-refractivity contribution is 0.228. The summed E-state index contributed by atoms with van der Waals surface area (Å²) in [5.74, 6) is 0. The molecular formula is C18H24N2S2. The predicted octanol–water partition coefficient (Wildman–Crippen LogP) is 4.27. The minimum absolute atomic E-state index is 1.15. The smallest absolute Gasteiger partial charge is 0.0109 e. The van der Waals surface area contributed by atoms with Crippen LogP contribution in [0.4, 0.5) is 0 Å². The van der Waals surface area contributed by atoms with Crippen LogP contribution >= 0.6 is 22.7 Å². The second-order valence-corrected chi connectivity index (χ2v) is 7.71. The third kappa shape index (κ3) is 3.87. The number of thiophene rings is 2. The van der Waals surface area contributed by atoms with Gasteiger partial charge >= 0.3 is 0 Å². The maximum Gasteiger partial charge on any atom is 0.0109 e. The van der Waals surface area contributed by atoms with E-state index in [2.05, 4.69) is 57.5 Å². The van der Waals surface area contributed by atoms with Crippen LogP contribution in [0.2, 0.25) is 0 Å². The van der Waals surface area contributed by atoms with Crippen molar-refractivity contribution in [2.24, 2.45) is 0 Å². The Bertz CT molecular complexity index is 551. The fourth-order valence-corrected chi connectivity index (χ4v) is 4.32. The van der Waals surface area contributed by atoms with E-state index in [9.17, 15) is 0 Å². The number of rotatable bonds is 5. The number of likely N-dealkylation sites (tertiary alicyclic amines) is 1. The Morgan fingerprint density at radius 1 is 1.05 bits per heavy atom. The normalized spacial score (nSPS) is 16.4. The predicted molar refractivity (Wildman–Crippen MR) is 98.9 cm³/mol. The van der Waals surface area contributed by atoms with Gasteiger partial charge in [-0.15, -0.1) is 0 Å². The molecule has 4 heteroatoms. The van der Waals surface area contributed by atoms with Crippen LogP contribution in [0.5, 0.6) is 0 Å². The average Bonchev–Trinajstić information content (AvgIpc) is 3.20. The second-order valence-electron chi connectivity index (χ2n) is 6.15. The Labute approximate surface area is 141 Å². The molecule has 0 unspecified atom stereocenters. The van der Waals surface area contributed by atoms with Crippen molar-refractivity contribution >= 4 is 28.2 Å². The van der Waals surface area contributed by atoms with Crippen molar-refractivity contribution in [3.05, 3.63) is 50.4 Å². The van der Waals surface area contributed by atoms with Crippen molar-refractivity contribution in [2.45, 2.75) is 12.8 Å². The molecule has 1 fully saturated rings. The van der Waals surface area contributed by atoms with E-state index in [-0.39, 0.29) is 0 Å². The fourth-order valence-electron chi connectivity index (χ4n) is 3.03. The highest BCUT2D eigenvalue weighted by Crippen LogP contribution is 2.34. The molecule has 1 aliphatic rings. The standard InChI is InChI=1S/C18H24N2S2/c1-19(2)9-10-20-7-3-15(4-8-20)18(16-5-11-21-13-16)17-6-12-22-14-17/h5-6,11-14H,3-4,7-10H2,1-2H3. The summed E-state index contributed by atoms with van der Waals surface area (Å²) >= 11 is 3.59. The third-order valence-electron chi connectivity index (χ3n) is 4.30. The monoisotopic (exact) mass is 332 g/mol. The quantitative estimate of drug-likeness (QED) is 0.807. The van der Waals surface area contributed by atoms with Crippen molar-refractivity contribution < 1.29 is 0 Å². The highest BCUT2D eigenvalue weighted by atomic mass is 32.1. The van der Waals surface area contributed by atoms with E-state index in [0.29, 0.717) is 0 Å². The molecular weight excluding hydrogens is 308 g/mol. The largest absolute Gasteiger partial charge is 0.308 e. The summed E-state index contributed by atoms with van der Waals surface area (Å²) < 4.78 is 0. The van der Waals surface area contributed by atoms with Crippen LogP contribution in [0.1, 0.15) is 24.0 Å². The first-order chi connectivity index (χ1) is 10.7. The maximum absolute atomic E-state index is 2.60. The van der Waals surface area contributed by atoms with Crippen LogP contribution in [-0.2, 0) is 0 Å². The average molecular weight is 333 g/mol. The zero-order valence-corrected chi connectivity index (χ0v) is 15.1. The summed E-state index contributed by atoms with van der Waals surface area (Å²) in [6, 6.07) is 4.53. The zero-order valence-electron chi connectivity index (χ0n) is 13.4. The molecule has 0 N–H and O–H groups in total. The number of hydrogen-bond acceptors (Lipinski definition) is 4. The highest BCUT2D eigenvalue weighted by Gasteiger charge is 2.19. The van der Waals surface area contributed by atoms with Gasteiger partial charge in [0.15, 0.2) is 0 Å². The van der Waals surface area contributed by atoms with E-state index in [4.69, 9.17) is 0 Å². The zero-order chi connectivity index (χ0) is 15.4. The number of hydrogen-bond donors (Lipinski definition) is 0. The number of likely N-dealkylation sites (N-methyl/N-ethyl adjacent to an activating group) is 1. The Balaban J connectivity index is 1.76. The summed E-state index contributed by atoms with van der Waals surface area (Å²) in [6.45, 7) is 4.73. The topological polar surface area (TPSA) is 6.48 Å². The van der Waals surface area contributed by atoms with Gasteiger partial charge in [0.1, 0.15) is 0 Å². The van der Waals surface area contributed by atoms with Crippen molar-refractivity contribution in [1.29, 1.82) is 0 Å². The van der Waals surface area contributed by atoms with E-state index >= 15 is 0 Å². The molecule has 3 heterocycles. The van der Waals surface area contributed by atoms with Gasteiger partial charge in [0.2, 0.25) is 0 Å². The van der Waals surface area contributed by atoms with Crippen LogP contribution in [0.25, 0.3) is 5.57 Å². The lowest BCUT2D eigenvalue weighted by atomic mass is 9.91. The van der Waals surface area contributed by atoms with Gasteiger partial charge in [-0.25, -0.2) is 0 Å². The van der Waals surface area contributed by atoms with Gasteiger partial charge in [-0.1, -0.05) is 5.57 Å². The van der Waals surface area contributed by atoms with Gasteiger partial charge in [0.25, 0.3) is 0 Å². The Kier molecular flexibility index (Phi) is 5.47. The number of nitrogens with zero attached hydrogens (tertiary/aromatic N) is 2. The highest BCUT2D eigenvalue weighted by molar-refractivity contribution is 7.08. The van der Waals surface area contributed by atoms with Crippen LogP contribution in [0.15, 0.2) is 39.2 Å². The molecule has 22 heavy (non-hydrogen) atoms. The lowest BCUT2D eigenvalue weighted by Crippen LogP contribution is -2.36. The molecule has 2 aromatic rings. The fraction of sp³-hybridized carbons (Fsp3) is 0.444. The molecule has 2 nitrogen and oxygen atoms in total. The first-order valence-corrected chi connectivity index (χ1v) is 9.77. The molecule has 1 saturated heterocycles. The molecule has 0 amide bonds. The maximum atomic E-state index is 2.60. The minimum atomic E-state index is 1.15. The van der Waals surface area contributed by atoms with E-state index in [1.165, 1.54) is 49.2 Å². The summed E-state index contributed by atoms with van der Waals surface area (Å²) in [7, 11) is 4.31. The van der Waals surface area contributed by atoms with Crippen molar-refractivity contribution in [3.63, 3.8) is 0 Å². The molecule has 0 saturated carbocycles. The molecule has 1 aliphatic heterocycles. The van der Waals surface area contributed by atoms with Gasteiger partial charge in [-0.05, 0) is 77.3 Å². The Hall–Kier alpha value is -0.940. The van der Waals surface area contributed by atoms with Crippen LogP contribution in [-0.4, -0.2) is 50.1 Å². The van der Waals surface area contributed by atoms with E-state index in [1.54, 1.807) is 28.2 Å². The molecule has 0 bridgehead atoms. The SMILES string of the molecule is CN(C)CCN1CCC(=C(c2ccsc2)c2ccsc2)CC1. The Morgan fingerprint density at radius 3 is 2.09 bits per heavy atom.